The monoisotopic (exact) mass is 371 g/mol. The smallest absolute Gasteiger partial charge is 0.344 e. The number of carbonyl (C=O) groups is 2. The molecule has 1 aliphatic rings. The maximum atomic E-state index is 12.2. The minimum Gasteiger partial charge on any atom is -0.482 e. The van der Waals surface area contributed by atoms with E-state index in [-0.39, 0.29) is 13.4 Å². The fourth-order valence-electron chi connectivity index (χ4n) is 2.47. The number of ether oxygens (including phenoxy) is 4. The van der Waals surface area contributed by atoms with Crippen molar-refractivity contribution in [2.24, 2.45) is 0 Å². The lowest BCUT2D eigenvalue weighted by atomic mass is 10.2. The van der Waals surface area contributed by atoms with E-state index in [1.165, 1.54) is 12.5 Å². The fraction of sp³-hybridized carbons (Fsp3) is 0.300. The minimum atomic E-state index is -0.964. The van der Waals surface area contributed by atoms with Gasteiger partial charge < -0.3 is 24.3 Å². The number of anilines is 1. The first kappa shape index (κ1) is 18.6. The molecule has 0 fully saturated rings. The molecule has 0 saturated carbocycles. The van der Waals surface area contributed by atoms with E-state index in [1.807, 2.05) is 12.1 Å². The second-order valence-corrected chi connectivity index (χ2v) is 5.98. The number of aryl methyl sites for hydroxylation is 1. The summed E-state index contributed by atoms with van der Waals surface area (Å²) in [6.07, 6.45) is -0.0350. The molecule has 2 aromatic carbocycles. The van der Waals surface area contributed by atoms with Crippen LogP contribution >= 0.6 is 0 Å². The zero-order chi connectivity index (χ0) is 19.2. The number of nitrogens with one attached hydrogen (secondary N) is 1. The minimum absolute atomic E-state index is 0.155. The Morgan fingerprint density at radius 1 is 1.11 bits per heavy atom. The van der Waals surface area contributed by atoms with E-state index in [4.69, 9.17) is 18.9 Å². The van der Waals surface area contributed by atoms with Gasteiger partial charge in [0, 0.05) is 11.8 Å². The Kier molecular flexibility index (Phi) is 5.80. The molecule has 7 nitrogen and oxygen atoms in total. The zero-order valence-corrected chi connectivity index (χ0v) is 15.2. The SMILES string of the molecule is CCc1ccc(OCC(=O)O[C@H](C)C(=O)Nc2ccc3c(c2)OCO3)cc1. The zero-order valence-electron chi connectivity index (χ0n) is 15.2. The molecule has 0 saturated heterocycles. The quantitative estimate of drug-likeness (QED) is 0.754. The highest BCUT2D eigenvalue weighted by Crippen LogP contribution is 2.34. The summed E-state index contributed by atoms with van der Waals surface area (Å²) in [5.74, 6) is 0.676. The molecule has 1 aliphatic heterocycles. The third-order valence-electron chi connectivity index (χ3n) is 4.01. The second-order valence-electron chi connectivity index (χ2n) is 5.98. The number of fused-ring (bicyclic) bond motifs is 1. The molecular weight excluding hydrogens is 350 g/mol. The number of rotatable bonds is 7. The summed E-state index contributed by atoms with van der Waals surface area (Å²) in [5, 5.41) is 2.67. The van der Waals surface area contributed by atoms with Crippen molar-refractivity contribution in [1.82, 2.24) is 0 Å². The molecule has 1 atom stereocenters. The van der Waals surface area contributed by atoms with E-state index < -0.39 is 18.0 Å². The number of hydrogen-bond donors (Lipinski definition) is 1. The molecule has 1 amide bonds. The molecule has 0 unspecified atom stereocenters. The standard InChI is InChI=1S/C20H21NO6/c1-3-14-4-7-16(8-5-14)24-11-19(22)27-13(2)20(23)21-15-6-9-17-18(10-15)26-12-25-17/h4-10,13H,3,11-12H2,1-2H3,(H,21,23)/t13-/m1/s1. The van der Waals surface area contributed by atoms with Crippen LogP contribution in [0, 0.1) is 0 Å². The summed E-state index contributed by atoms with van der Waals surface area (Å²) < 4.78 is 21.0. The van der Waals surface area contributed by atoms with Gasteiger partial charge in [-0.2, -0.15) is 0 Å². The van der Waals surface area contributed by atoms with E-state index in [9.17, 15) is 9.59 Å². The van der Waals surface area contributed by atoms with Crippen LogP contribution in [0.15, 0.2) is 42.5 Å². The van der Waals surface area contributed by atoms with Crippen LogP contribution in [-0.4, -0.2) is 31.4 Å². The van der Waals surface area contributed by atoms with E-state index in [2.05, 4.69) is 12.2 Å². The Morgan fingerprint density at radius 3 is 2.59 bits per heavy atom. The van der Waals surface area contributed by atoms with Gasteiger partial charge in [-0.1, -0.05) is 19.1 Å². The number of carbonyl (C=O) groups excluding carboxylic acids is 2. The maximum absolute atomic E-state index is 12.2. The van der Waals surface area contributed by atoms with Gasteiger partial charge in [0.05, 0.1) is 0 Å². The predicted molar refractivity (Wildman–Crippen MR) is 98.1 cm³/mol. The van der Waals surface area contributed by atoms with Crippen molar-refractivity contribution in [2.75, 3.05) is 18.7 Å². The molecule has 3 rings (SSSR count). The van der Waals surface area contributed by atoms with Gasteiger partial charge in [-0.15, -0.1) is 0 Å². The van der Waals surface area contributed by atoms with Crippen molar-refractivity contribution in [1.29, 1.82) is 0 Å². The van der Waals surface area contributed by atoms with Gasteiger partial charge in [-0.05, 0) is 43.2 Å². The largest absolute Gasteiger partial charge is 0.482 e. The topological polar surface area (TPSA) is 83.1 Å². The molecular formula is C20H21NO6. The van der Waals surface area contributed by atoms with Crippen molar-refractivity contribution < 1.29 is 28.5 Å². The first-order valence-electron chi connectivity index (χ1n) is 8.67. The number of hydrogen-bond acceptors (Lipinski definition) is 6. The molecule has 142 valence electrons. The van der Waals surface area contributed by atoms with Gasteiger partial charge in [0.1, 0.15) is 5.75 Å². The lowest BCUT2D eigenvalue weighted by Crippen LogP contribution is -2.31. The van der Waals surface area contributed by atoms with E-state index in [1.54, 1.807) is 30.3 Å². The van der Waals surface area contributed by atoms with Crippen LogP contribution < -0.4 is 19.5 Å². The molecule has 0 bridgehead atoms. The van der Waals surface area contributed by atoms with Crippen LogP contribution in [0.2, 0.25) is 0 Å². The van der Waals surface area contributed by atoms with Crippen LogP contribution in [0.1, 0.15) is 19.4 Å². The van der Waals surface area contributed by atoms with Crippen molar-refractivity contribution >= 4 is 17.6 Å². The van der Waals surface area contributed by atoms with Crippen molar-refractivity contribution in [3.63, 3.8) is 0 Å². The summed E-state index contributed by atoms with van der Waals surface area (Å²) >= 11 is 0. The molecule has 2 aromatic rings. The van der Waals surface area contributed by atoms with Crippen molar-refractivity contribution in [3.8, 4) is 17.2 Å². The third kappa shape index (κ3) is 4.91. The van der Waals surface area contributed by atoms with Gasteiger partial charge >= 0.3 is 5.97 Å². The molecule has 0 aromatic heterocycles. The molecule has 27 heavy (non-hydrogen) atoms. The molecule has 1 heterocycles. The Balaban J connectivity index is 1.46. The van der Waals surface area contributed by atoms with Gasteiger partial charge in [-0.25, -0.2) is 4.79 Å². The Bertz CT molecular complexity index is 818. The number of benzene rings is 2. The molecule has 1 N–H and O–H groups in total. The summed E-state index contributed by atoms with van der Waals surface area (Å²) in [6, 6.07) is 12.5. The van der Waals surface area contributed by atoms with Gasteiger partial charge in [0.25, 0.3) is 5.91 Å². The third-order valence-corrected chi connectivity index (χ3v) is 4.01. The van der Waals surface area contributed by atoms with Crippen LogP contribution in [0.3, 0.4) is 0 Å². The van der Waals surface area contributed by atoms with Crippen LogP contribution in [-0.2, 0) is 20.7 Å². The molecule has 7 heteroatoms. The summed E-state index contributed by atoms with van der Waals surface area (Å²) in [6.45, 7) is 3.44. The fourth-order valence-corrected chi connectivity index (χ4v) is 2.47. The molecule has 0 aliphatic carbocycles. The Hall–Kier alpha value is -3.22. The molecule has 0 radical (unpaired) electrons. The Labute approximate surface area is 157 Å². The van der Waals surface area contributed by atoms with Crippen LogP contribution in [0.5, 0.6) is 17.2 Å². The summed E-state index contributed by atoms with van der Waals surface area (Å²) in [5.41, 5.74) is 1.71. The lowest BCUT2D eigenvalue weighted by Gasteiger charge is -2.14. The van der Waals surface area contributed by atoms with Crippen molar-refractivity contribution in [2.45, 2.75) is 26.4 Å². The first-order chi connectivity index (χ1) is 13.0. The average molecular weight is 371 g/mol. The summed E-state index contributed by atoms with van der Waals surface area (Å²) in [7, 11) is 0. The second kappa shape index (κ2) is 8.44. The normalized spacial score (nSPS) is 13.0. The van der Waals surface area contributed by atoms with E-state index in [0.717, 1.165) is 6.42 Å². The van der Waals surface area contributed by atoms with Crippen molar-refractivity contribution in [3.05, 3.63) is 48.0 Å². The van der Waals surface area contributed by atoms with E-state index in [0.29, 0.717) is 22.9 Å². The highest BCUT2D eigenvalue weighted by molar-refractivity contribution is 5.95. The Morgan fingerprint density at radius 2 is 1.85 bits per heavy atom. The number of esters is 1. The van der Waals surface area contributed by atoms with Gasteiger partial charge in [0.2, 0.25) is 6.79 Å². The highest BCUT2D eigenvalue weighted by Gasteiger charge is 2.20. The average Bonchev–Trinajstić information content (AvgIpc) is 3.14. The van der Waals surface area contributed by atoms with Gasteiger partial charge in [-0.3, -0.25) is 4.79 Å². The van der Waals surface area contributed by atoms with Crippen LogP contribution in [0.4, 0.5) is 5.69 Å². The van der Waals surface area contributed by atoms with Gasteiger partial charge in [0.15, 0.2) is 24.2 Å². The summed E-state index contributed by atoms with van der Waals surface area (Å²) in [4.78, 5) is 24.1. The maximum Gasteiger partial charge on any atom is 0.344 e. The molecule has 0 spiro atoms. The number of amides is 1. The van der Waals surface area contributed by atoms with Crippen LogP contribution in [0.25, 0.3) is 0 Å². The lowest BCUT2D eigenvalue weighted by molar-refractivity contribution is -0.155. The highest BCUT2D eigenvalue weighted by atomic mass is 16.7. The first-order valence-corrected chi connectivity index (χ1v) is 8.67. The predicted octanol–water partition coefficient (Wildman–Crippen LogP) is 2.93. The van der Waals surface area contributed by atoms with E-state index >= 15 is 0 Å².